The minimum Gasteiger partial charge on any atom is -0.365 e. The highest BCUT2D eigenvalue weighted by atomic mass is 16.6. The normalized spacial score (nSPS) is 23.7. The summed E-state index contributed by atoms with van der Waals surface area (Å²) in [6, 6.07) is 22.4. The molecule has 1 aliphatic heterocycles. The summed E-state index contributed by atoms with van der Waals surface area (Å²) in [6.07, 6.45) is 9.40. The number of carbonyl (C=O) groups excluding carboxylic acids is 1. The Balaban J connectivity index is 1.36. The molecule has 1 saturated carbocycles. The standard InChI is InChI=1S/C33H38N6O2/c1-3-36-32(38-23-34)39(21-25-10-9-19-35-20-25)27-15-17-33(18-16-27,26-11-5-4-6-12-26)22-37-31(40)29-14-8-7-13-28(29)30-24(2)41-30/h4-14,19-20,24,27,30H,3,15-18,21-22H2,1-2H3,(H,36,38)(H,37,40). The molecule has 8 nitrogen and oxygen atoms in total. The van der Waals surface area contributed by atoms with Crippen molar-refractivity contribution in [2.45, 2.75) is 69.7 Å². The Morgan fingerprint density at radius 2 is 1.85 bits per heavy atom. The molecule has 0 radical (unpaired) electrons. The number of hydrogen-bond donors (Lipinski definition) is 2. The second-order valence-electron chi connectivity index (χ2n) is 10.9. The van der Waals surface area contributed by atoms with Gasteiger partial charge in [0, 0.05) is 49.0 Å². The van der Waals surface area contributed by atoms with E-state index in [-0.39, 0.29) is 29.6 Å². The van der Waals surface area contributed by atoms with Crippen molar-refractivity contribution in [3.05, 3.63) is 101 Å². The van der Waals surface area contributed by atoms with Crippen LogP contribution in [0.3, 0.4) is 0 Å². The van der Waals surface area contributed by atoms with Gasteiger partial charge in [0.1, 0.15) is 6.10 Å². The van der Waals surface area contributed by atoms with Gasteiger partial charge < -0.3 is 15.0 Å². The zero-order valence-corrected chi connectivity index (χ0v) is 23.8. The maximum absolute atomic E-state index is 13.5. The number of guanidine groups is 1. The third-order valence-electron chi connectivity index (χ3n) is 8.37. The quantitative estimate of drug-likeness (QED) is 0.126. The predicted molar refractivity (Wildman–Crippen MR) is 159 cm³/mol. The number of pyridine rings is 1. The Morgan fingerprint density at radius 1 is 1.12 bits per heavy atom. The van der Waals surface area contributed by atoms with Crippen LogP contribution >= 0.6 is 0 Å². The van der Waals surface area contributed by atoms with Crippen LogP contribution in [0.2, 0.25) is 0 Å². The maximum atomic E-state index is 13.5. The zero-order valence-electron chi connectivity index (χ0n) is 23.8. The molecule has 2 aliphatic rings. The molecule has 1 aliphatic carbocycles. The Hall–Kier alpha value is -4.22. The number of aliphatic imine (C=N–C) groups is 1. The van der Waals surface area contributed by atoms with Crippen LogP contribution < -0.4 is 10.6 Å². The van der Waals surface area contributed by atoms with Crippen LogP contribution in [-0.4, -0.2) is 47.0 Å². The van der Waals surface area contributed by atoms with Gasteiger partial charge in [-0.1, -0.05) is 54.6 Å². The predicted octanol–water partition coefficient (Wildman–Crippen LogP) is 5.10. The lowest BCUT2D eigenvalue weighted by Crippen LogP contribution is -2.51. The van der Waals surface area contributed by atoms with E-state index < -0.39 is 0 Å². The Labute approximate surface area is 242 Å². The molecule has 1 saturated heterocycles. The molecule has 3 aromatic rings. The number of nitriles is 1. The van der Waals surface area contributed by atoms with Crippen LogP contribution in [0.15, 0.2) is 84.1 Å². The molecule has 0 bridgehead atoms. The van der Waals surface area contributed by atoms with Crippen LogP contribution in [0.4, 0.5) is 0 Å². The molecule has 212 valence electrons. The fourth-order valence-electron chi connectivity index (χ4n) is 6.10. The first kappa shape index (κ1) is 28.3. The average molecular weight is 551 g/mol. The molecule has 2 N–H and O–H groups in total. The van der Waals surface area contributed by atoms with Gasteiger partial charge in [0.2, 0.25) is 5.96 Å². The van der Waals surface area contributed by atoms with Crippen LogP contribution in [0.25, 0.3) is 0 Å². The number of aromatic nitrogens is 1. The number of epoxide rings is 1. The molecule has 2 heterocycles. The highest BCUT2D eigenvalue weighted by Crippen LogP contribution is 2.42. The largest absolute Gasteiger partial charge is 0.365 e. The van der Waals surface area contributed by atoms with Gasteiger partial charge in [0.15, 0.2) is 6.19 Å². The van der Waals surface area contributed by atoms with Gasteiger partial charge in [-0.05, 0) is 68.4 Å². The van der Waals surface area contributed by atoms with Gasteiger partial charge in [0.25, 0.3) is 5.91 Å². The molecule has 1 amide bonds. The summed E-state index contributed by atoms with van der Waals surface area (Å²) < 4.78 is 5.68. The molecule has 5 rings (SSSR count). The Bertz CT molecular complexity index is 1380. The fraction of sp³-hybridized carbons (Fsp3) is 0.394. The van der Waals surface area contributed by atoms with E-state index in [4.69, 9.17) is 4.74 Å². The van der Waals surface area contributed by atoms with Crippen molar-refractivity contribution in [1.29, 1.82) is 5.26 Å². The first-order valence-corrected chi connectivity index (χ1v) is 14.5. The number of ether oxygens (including phenoxy) is 1. The molecule has 0 spiro atoms. The molecule has 2 atom stereocenters. The summed E-state index contributed by atoms with van der Waals surface area (Å²) in [5.41, 5.74) is 3.74. The van der Waals surface area contributed by atoms with E-state index >= 15 is 0 Å². The van der Waals surface area contributed by atoms with Crippen LogP contribution in [0.1, 0.15) is 72.7 Å². The molecule has 2 fully saturated rings. The molecule has 2 aromatic carbocycles. The summed E-state index contributed by atoms with van der Waals surface area (Å²) >= 11 is 0. The Kier molecular flexibility index (Phi) is 8.95. The molecule has 8 heteroatoms. The molecule has 2 unspecified atom stereocenters. The number of hydrogen-bond acceptors (Lipinski definition) is 5. The summed E-state index contributed by atoms with van der Waals surface area (Å²) in [7, 11) is 0. The monoisotopic (exact) mass is 550 g/mol. The van der Waals surface area contributed by atoms with E-state index in [0.29, 0.717) is 31.2 Å². The SMILES string of the molecule is CCN=C(NC#N)N(Cc1cccnc1)C1CCC(CNC(=O)c2ccccc2C2OC2C)(c2ccccc2)CC1. The first-order chi connectivity index (χ1) is 20.0. The summed E-state index contributed by atoms with van der Waals surface area (Å²) in [5, 5.41) is 15.6. The summed E-state index contributed by atoms with van der Waals surface area (Å²) in [5.74, 6) is 0.534. The maximum Gasteiger partial charge on any atom is 0.251 e. The van der Waals surface area contributed by atoms with Gasteiger partial charge in [-0.3, -0.25) is 20.1 Å². The van der Waals surface area contributed by atoms with Crippen molar-refractivity contribution in [2.75, 3.05) is 13.1 Å². The topological polar surface area (TPSA) is 106 Å². The number of benzene rings is 2. The van der Waals surface area contributed by atoms with Gasteiger partial charge in [0.05, 0.1) is 6.10 Å². The second kappa shape index (κ2) is 13.0. The van der Waals surface area contributed by atoms with Crippen molar-refractivity contribution in [1.82, 2.24) is 20.5 Å². The lowest BCUT2D eigenvalue weighted by Gasteiger charge is -2.44. The van der Waals surface area contributed by atoms with Crippen molar-refractivity contribution >= 4 is 11.9 Å². The Morgan fingerprint density at radius 3 is 2.51 bits per heavy atom. The molecule has 1 aromatic heterocycles. The van der Waals surface area contributed by atoms with E-state index in [9.17, 15) is 10.1 Å². The first-order valence-electron chi connectivity index (χ1n) is 14.5. The third-order valence-corrected chi connectivity index (χ3v) is 8.37. The second-order valence-corrected chi connectivity index (χ2v) is 10.9. The van der Waals surface area contributed by atoms with Gasteiger partial charge in [-0.2, -0.15) is 5.26 Å². The lowest BCUT2D eigenvalue weighted by molar-refractivity contribution is 0.0926. The van der Waals surface area contributed by atoms with Crippen LogP contribution in [0, 0.1) is 11.5 Å². The summed E-state index contributed by atoms with van der Waals surface area (Å²) in [6.45, 7) is 5.74. The fourth-order valence-corrected chi connectivity index (χ4v) is 6.10. The molecular weight excluding hydrogens is 512 g/mol. The number of amides is 1. The number of nitrogens with zero attached hydrogens (tertiary/aromatic N) is 4. The van der Waals surface area contributed by atoms with E-state index in [1.54, 1.807) is 6.20 Å². The van der Waals surface area contributed by atoms with Crippen molar-refractivity contribution in [3.63, 3.8) is 0 Å². The number of nitrogens with one attached hydrogen (secondary N) is 2. The molecule has 41 heavy (non-hydrogen) atoms. The lowest BCUT2D eigenvalue weighted by atomic mass is 9.67. The summed E-state index contributed by atoms with van der Waals surface area (Å²) in [4.78, 5) is 24.6. The minimum absolute atomic E-state index is 0.0118. The van der Waals surface area contributed by atoms with Crippen molar-refractivity contribution in [2.24, 2.45) is 4.99 Å². The van der Waals surface area contributed by atoms with E-state index in [0.717, 1.165) is 36.8 Å². The zero-order chi connectivity index (χ0) is 28.7. The smallest absolute Gasteiger partial charge is 0.251 e. The van der Waals surface area contributed by atoms with E-state index in [2.05, 4.69) is 56.0 Å². The third kappa shape index (κ3) is 6.58. The average Bonchev–Trinajstić information content (AvgIpc) is 3.76. The van der Waals surface area contributed by atoms with Gasteiger partial charge in [-0.15, -0.1) is 0 Å². The molecular formula is C33H38N6O2. The van der Waals surface area contributed by atoms with E-state index in [1.807, 2.05) is 62.5 Å². The highest BCUT2D eigenvalue weighted by molar-refractivity contribution is 5.96. The van der Waals surface area contributed by atoms with Gasteiger partial charge in [-0.25, -0.2) is 0 Å². The van der Waals surface area contributed by atoms with Gasteiger partial charge >= 0.3 is 0 Å². The van der Waals surface area contributed by atoms with Crippen molar-refractivity contribution < 1.29 is 9.53 Å². The highest BCUT2D eigenvalue weighted by Gasteiger charge is 2.41. The van der Waals surface area contributed by atoms with E-state index in [1.165, 1.54) is 5.56 Å². The number of carbonyl (C=O) groups is 1. The number of rotatable bonds is 9. The van der Waals surface area contributed by atoms with Crippen LogP contribution in [0.5, 0.6) is 0 Å². The van der Waals surface area contributed by atoms with Crippen molar-refractivity contribution in [3.8, 4) is 6.19 Å². The van der Waals surface area contributed by atoms with Crippen LogP contribution in [-0.2, 0) is 16.7 Å². The minimum atomic E-state index is -0.198.